The molecule has 0 aliphatic carbocycles. The van der Waals surface area contributed by atoms with Crippen LogP contribution in [0.4, 0.5) is 8.78 Å². The molecule has 2 atom stereocenters. The number of carboxylic acid groups (broad SMARTS) is 1. The van der Waals surface area contributed by atoms with E-state index in [0.29, 0.717) is 18.8 Å². The molecule has 0 saturated carbocycles. The van der Waals surface area contributed by atoms with Gasteiger partial charge in [-0.2, -0.15) is 0 Å². The van der Waals surface area contributed by atoms with Crippen molar-refractivity contribution < 1.29 is 23.4 Å². The minimum Gasteiger partial charge on any atom is -0.497 e. The monoisotopic (exact) mass is 510 g/mol. The second kappa shape index (κ2) is 13.0. The van der Waals surface area contributed by atoms with Crippen LogP contribution >= 0.6 is 0 Å². The lowest BCUT2D eigenvalue weighted by atomic mass is 9.79. The van der Waals surface area contributed by atoms with Gasteiger partial charge in [0.05, 0.1) is 12.6 Å². The van der Waals surface area contributed by atoms with Crippen molar-refractivity contribution in [2.45, 2.75) is 51.4 Å². The fourth-order valence-electron chi connectivity index (χ4n) is 5.69. The minimum absolute atomic E-state index is 0.115. The first-order valence-electron chi connectivity index (χ1n) is 13.2. The number of benzene rings is 2. The number of carbonyl (C=O) groups is 1. The third kappa shape index (κ3) is 7.25. The van der Waals surface area contributed by atoms with E-state index in [-0.39, 0.29) is 17.9 Å². The molecule has 198 valence electrons. The van der Waals surface area contributed by atoms with E-state index in [2.05, 4.69) is 16.0 Å². The molecule has 0 bridgehead atoms. The highest BCUT2D eigenvalue weighted by Crippen LogP contribution is 2.32. The summed E-state index contributed by atoms with van der Waals surface area (Å²) in [5.74, 6) is -0.414. The van der Waals surface area contributed by atoms with Crippen LogP contribution < -0.4 is 4.74 Å². The fraction of sp³-hybridized carbons (Fsp3) is 0.467. The van der Waals surface area contributed by atoms with Gasteiger partial charge in [0.15, 0.2) is 0 Å². The number of methoxy groups -OCH3 is 1. The van der Waals surface area contributed by atoms with Gasteiger partial charge in [0.2, 0.25) is 0 Å². The van der Waals surface area contributed by atoms with Gasteiger partial charge in [0, 0.05) is 30.1 Å². The zero-order valence-corrected chi connectivity index (χ0v) is 21.5. The lowest BCUT2D eigenvalue weighted by Crippen LogP contribution is -2.41. The second-order valence-electron chi connectivity index (χ2n) is 10.1. The van der Waals surface area contributed by atoms with Crippen LogP contribution in [0.15, 0.2) is 48.7 Å². The number of hydrogen-bond acceptors (Lipinski definition) is 4. The third-order valence-electron chi connectivity index (χ3n) is 7.69. The predicted molar refractivity (Wildman–Crippen MR) is 141 cm³/mol. The average Bonchev–Trinajstić information content (AvgIpc) is 2.88. The maximum atomic E-state index is 13.9. The maximum absolute atomic E-state index is 13.9. The van der Waals surface area contributed by atoms with Crippen LogP contribution in [0.5, 0.6) is 5.75 Å². The van der Waals surface area contributed by atoms with Crippen LogP contribution in [0, 0.1) is 23.5 Å². The summed E-state index contributed by atoms with van der Waals surface area (Å²) in [7, 11) is 1.66. The molecule has 1 aliphatic heterocycles. The van der Waals surface area contributed by atoms with Crippen molar-refractivity contribution in [2.75, 3.05) is 26.7 Å². The number of unbranched alkanes of at least 4 members (excludes halogenated alkanes) is 1. The van der Waals surface area contributed by atoms with Crippen LogP contribution in [0.1, 0.15) is 49.7 Å². The molecular weight excluding hydrogens is 474 g/mol. The van der Waals surface area contributed by atoms with Crippen LogP contribution in [0.3, 0.4) is 0 Å². The zero-order chi connectivity index (χ0) is 26.2. The highest BCUT2D eigenvalue weighted by atomic mass is 19.1. The van der Waals surface area contributed by atoms with Gasteiger partial charge in [0.25, 0.3) is 0 Å². The van der Waals surface area contributed by atoms with Crippen molar-refractivity contribution in [1.82, 2.24) is 9.88 Å². The molecule has 0 unspecified atom stereocenters. The van der Waals surface area contributed by atoms with Gasteiger partial charge in [-0.3, -0.25) is 9.78 Å². The van der Waals surface area contributed by atoms with E-state index in [0.717, 1.165) is 68.4 Å². The molecule has 1 aromatic heterocycles. The standard InChI is InChI=1S/C30H36F2N2O3/c1-37-24-11-12-29-26(19-24)22(13-15-33-29)7-4-6-21-14-17-34(20-23(21)18-30(35)36)16-3-2-8-25-27(31)9-5-10-28(25)32/h5,9-13,15,19,21,23H,2-4,6-8,14,16-18,20H2,1H3,(H,35,36)/t21-,23+/m1/s1. The van der Waals surface area contributed by atoms with Crippen LogP contribution in [-0.2, 0) is 17.6 Å². The van der Waals surface area contributed by atoms with Gasteiger partial charge in [-0.25, -0.2) is 8.78 Å². The Morgan fingerprint density at radius 3 is 2.65 bits per heavy atom. The van der Waals surface area contributed by atoms with Gasteiger partial charge in [0.1, 0.15) is 17.4 Å². The Bertz CT molecular complexity index is 1180. The summed E-state index contributed by atoms with van der Waals surface area (Å²) in [4.78, 5) is 18.4. The first-order valence-corrected chi connectivity index (χ1v) is 13.2. The van der Waals surface area contributed by atoms with E-state index in [1.807, 2.05) is 24.4 Å². The quantitative estimate of drug-likeness (QED) is 0.291. The Kier molecular flexibility index (Phi) is 9.45. The molecule has 1 fully saturated rings. The molecule has 1 saturated heterocycles. The minimum atomic E-state index is -0.751. The second-order valence-corrected chi connectivity index (χ2v) is 10.1. The number of carboxylic acids is 1. The largest absolute Gasteiger partial charge is 0.497 e. The summed E-state index contributed by atoms with van der Waals surface area (Å²) in [5.41, 5.74) is 2.35. The lowest BCUT2D eigenvalue weighted by Gasteiger charge is -2.38. The molecular formula is C30H36F2N2O3. The number of pyridine rings is 1. The van der Waals surface area contributed by atoms with Crippen molar-refractivity contribution in [1.29, 1.82) is 0 Å². The van der Waals surface area contributed by atoms with Gasteiger partial charge in [-0.05, 0) is 112 Å². The first-order chi connectivity index (χ1) is 17.9. The summed E-state index contributed by atoms with van der Waals surface area (Å²) in [6.07, 6.45) is 7.81. The molecule has 37 heavy (non-hydrogen) atoms. The Morgan fingerprint density at radius 2 is 1.89 bits per heavy atom. The van der Waals surface area contributed by atoms with Crippen LogP contribution in [-0.4, -0.2) is 47.7 Å². The Balaban J connectivity index is 1.28. The highest BCUT2D eigenvalue weighted by Gasteiger charge is 2.30. The Hall–Kier alpha value is -3.06. The molecule has 3 aromatic rings. The number of aromatic nitrogens is 1. The van der Waals surface area contributed by atoms with Gasteiger partial charge in [-0.15, -0.1) is 0 Å². The fourth-order valence-corrected chi connectivity index (χ4v) is 5.69. The summed E-state index contributed by atoms with van der Waals surface area (Å²) < 4.78 is 33.1. The number of nitrogens with zero attached hydrogens (tertiary/aromatic N) is 2. The smallest absolute Gasteiger partial charge is 0.303 e. The predicted octanol–water partition coefficient (Wildman–Crippen LogP) is 6.28. The molecule has 2 aromatic carbocycles. The highest BCUT2D eigenvalue weighted by molar-refractivity contribution is 5.83. The summed E-state index contributed by atoms with van der Waals surface area (Å²) in [6, 6.07) is 12.0. The third-order valence-corrected chi connectivity index (χ3v) is 7.69. The number of aliphatic carboxylic acids is 1. The molecule has 7 heteroatoms. The van der Waals surface area contributed by atoms with Crippen molar-refractivity contribution >= 4 is 16.9 Å². The van der Waals surface area contributed by atoms with Gasteiger partial charge < -0.3 is 14.7 Å². The van der Waals surface area contributed by atoms with Crippen molar-refractivity contribution in [3.63, 3.8) is 0 Å². The number of fused-ring (bicyclic) bond motifs is 1. The van der Waals surface area contributed by atoms with Crippen LogP contribution in [0.2, 0.25) is 0 Å². The SMILES string of the molecule is COc1ccc2nccc(CCC[C@@H]3CCN(CCCCc4c(F)cccc4F)C[C@@H]3CC(=O)O)c2c1. The number of piperidine rings is 1. The van der Waals surface area contributed by atoms with Crippen molar-refractivity contribution in [3.8, 4) is 5.75 Å². The number of aryl methyl sites for hydroxylation is 1. The summed E-state index contributed by atoms with van der Waals surface area (Å²) in [6.45, 7) is 2.52. The molecule has 0 spiro atoms. The van der Waals surface area contributed by atoms with E-state index in [1.54, 1.807) is 7.11 Å². The van der Waals surface area contributed by atoms with Gasteiger partial charge in [-0.1, -0.05) is 6.07 Å². The van der Waals surface area contributed by atoms with Crippen molar-refractivity contribution in [3.05, 3.63) is 71.4 Å². The van der Waals surface area contributed by atoms with E-state index in [9.17, 15) is 18.7 Å². The van der Waals surface area contributed by atoms with E-state index >= 15 is 0 Å². The first kappa shape index (κ1) is 27.0. The lowest BCUT2D eigenvalue weighted by molar-refractivity contribution is -0.139. The Morgan fingerprint density at radius 1 is 1.08 bits per heavy atom. The molecule has 0 amide bonds. The molecule has 2 heterocycles. The molecule has 1 N–H and O–H groups in total. The number of ether oxygens (including phenoxy) is 1. The van der Waals surface area contributed by atoms with Gasteiger partial charge >= 0.3 is 5.97 Å². The molecule has 0 radical (unpaired) electrons. The van der Waals surface area contributed by atoms with E-state index in [1.165, 1.54) is 23.8 Å². The summed E-state index contributed by atoms with van der Waals surface area (Å²) >= 11 is 0. The number of likely N-dealkylation sites (tertiary alicyclic amines) is 1. The zero-order valence-electron chi connectivity index (χ0n) is 21.5. The number of hydrogen-bond donors (Lipinski definition) is 1. The number of halogens is 2. The molecule has 5 nitrogen and oxygen atoms in total. The van der Waals surface area contributed by atoms with Crippen molar-refractivity contribution in [2.24, 2.45) is 11.8 Å². The Labute approximate surface area is 217 Å². The van der Waals surface area contributed by atoms with E-state index in [4.69, 9.17) is 4.74 Å². The van der Waals surface area contributed by atoms with Crippen LogP contribution in [0.25, 0.3) is 10.9 Å². The molecule has 4 rings (SSSR count). The van der Waals surface area contributed by atoms with E-state index < -0.39 is 17.6 Å². The topological polar surface area (TPSA) is 62.7 Å². The maximum Gasteiger partial charge on any atom is 0.303 e. The summed E-state index contributed by atoms with van der Waals surface area (Å²) in [5, 5.41) is 10.6. The molecule has 1 aliphatic rings. The normalized spacial score (nSPS) is 18.2. The average molecular weight is 511 g/mol. The number of rotatable bonds is 12.